The molecule has 6 heteroatoms. The standard InChI is InChI=1S/C18H23N3O2S/c22-18(20-16(13-7-8-13)17-19-9-12-24-17)21-10-3-1-2-5-14(21)15-6-4-11-23-15/h4,6,9,11-14,16H,1-3,5,7-8,10H2,(H,20,22). The van der Waals surface area contributed by atoms with Gasteiger partial charge in [0.1, 0.15) is 10.8 Å². The number of nitrogens with zero attached hydrogens (tertiary/aromatic N) is 2. The number of aromatic nitrogens is 1. The van der Waals surface area contributed by atoms with Gasteiger partial charge in [-0.3, -0.25) is 0 Å². The molecule has 128 valence electrons. The summed E-state index contributed by atoms with van der Waals surface area (Å²) < 4.78 is 5.61. The minimum Gasteiger partial charge on any atom is -0.467 e. The number of likely N-dealkylation sites (tertiary alicyclic amines) is 1. The molecule has 4 rings (SSSR count). The van der Waals surface area contributed by atoms with Crippen LogP contribution in [0.5, 0.6) is 0 Å². The summed E-state index contributed by atoms with van der Waals surface area (Å²) in [5.41, 5.74) is 0. The molecule has 0 aromatic carbocycles. The first-order valence-electron chi connectivity index (χ1n) is 8.83. The minimum absolute atomic E-state index is 0.0189. The highest BCUT2D eigenvalue weighted by Crippen LogP contribution is 2.42. The second-order valence-electron chi connectivity index (χ2n) is 6.71. The van der Waals surface area contributed by atoms with Crippen LogP contribution in [-0.2, 0) is 0 Å². The Morgan fingerprint density at radius 2 is 2.25 bits per heavy atom. The number of hydrogen-bond acceptors (Lipinski definition) is 4. The number of amides is 2. The number of nitrogens with one attached hydrogen (secondary N) is 1. The van der Waals surface area contributed by atoms with Crippen LogP contribution in [-0.4, -0.2) is 22.5 Å². The Labute approximate surface area is 146 Å². The van der Waals surface area contributed by atoms with Crippen LogP contribution in [0.25, 0.3) is 0 Å². The number of rotatable bonds is 4. The van der Waals surface area contributed by atoms with Gasteiger partial charge in [-0.15, -0.1) is 11.3 Å². The molecule has 2 atom stereocenters. The molecular formula is C18H23N3O2S. The molecule has 2 amide bonds. The van der Waals surface area contributed by atoms with Gasteiger partial charge in [0.05, 0.1) is 18.3 Å². The van der Waals surface area contributed by atoms with Gasteiger partial charge in [0, 0.05) is 18.1 Å². The predicted molar refractivity (Wildman–Crippen MR) is 92.7 cm³/mol. The first-order chi connectivity index (χ1) is 11.8. The van der Waals surface area contributed by atoms with Gasteiger partial charge in [0.15, 0.2) is 0 Å². The van der Waals surface area contributed by atoms with E-state index in [2.05, 4.69) is 10.3 Å². The molecule has 0 bridgehead atoms. The van der Waals surface area contributed by atoms with Gasteiger partial charge in [-0.1, -0.05) is 12.8 Å². The topological polar surface area (TPSA) is 58.4 Å². The summed E-state index contributed by atoms with van der Waals surface area (Å²) in [4.78, 5) is 19.4. The second kappa shape index (κ2) is 6.97. The quantitative estimate of drug-likeness (QED) is 0.886. The molecule has 1 aliphatic carbocycles. The van der Waals surface area contributed by atoms with Crippen molar-refractivity contribution in [3.05, 3.63) is 40.7 Å². The molecule has 2 fully saturated rings. The zero-order valence-electron chi connectivity index (χ0n) is 13.7. The third-order valence-corrected chi connectivity index (χ3v) is 5.83. The number of carbonyl (C=O) groups excluding carboxylic acids is 1. The maximum absolute atomic E-state index is 13.0. The Hall–Kier alpha value is -1.82. The van der Waals surface area contributed by atoms with Crippen molar-refractivity contribution in [3.8, 4) is 0 Å². The Morgan fingerprint density at radius 1 is 1.33 bits per heavy atom. The zero-order chi connectivity index (χ0) is 16.4. The summed E-state index contributed by atoms with van der Waals surface area (Å²) in [7, 11) is 0. The van der Waals surface area contributed by atoms with E-state index >= 15 is 0 Å². The first kappa shape index (κ1) is 15.7. The maximum Gasteiger partial charge on any atom is 0.318 e. The van der Waals surface area contributed by atoms with Gasteiger partial charge < -0.3 is 14.6 Å². The van der Waals surface area contributed by atoms with Crippen LogP contribution in [0.15, 0.2) is 34.4 Å². The van der Waals surface area contributed by atoms with Crippen LogP contribution in [0.2, 0.25) is 0 Å². The zero-order valence-corrected chi connectivity index (χ0v) is 14.5. The van der Waals surface area contributed by atoms with Crippen LogP contribution in [0.3, 0.4) is 0 Å². The van der Waals surface area contributed by atoms with E-state index in [9.17, 15) is 4.79 Å². The van der Waals surface area contributed by atoms with E-state index in [1.165, 1.54) is 19.3 Å². The Morgan fingerprint density at radius 3 is 2.96 bits per heavy atom. The summed E-state index contributed by atoms with van der Waals surface area (Å²) >= 11 is 1.63. The van der Waals surface area contributed by atoms with Crippen molar-refractivity contribution in [2.45, 2.75) is 50.6 Å². The molecule has 2 aromatic rings. The van der Waals surface area contributed by atoms with E-state index < -0.39 is 0 Å². The molecule has 1 saturated heterocycles. The van der Waals surface area contributed by atoms with Crippen LogP contribution in [0, 0.1) is 5.92 Å². The smallest absolute Gasteiger partial charge is 0.318 e. The minimum atomic E-state index is 0.0189. The average molecular weight is 345 g/mol. The van der Waals surface area contributed by atoms with Gasteiger partial charge in [0.25, 0.3) is 0 Å². The van der Waals surface area contributed by atoms with E-state index in [1.54, 1.807) is 17.6 Å². The van der Waals surface area contributed by atoms with Gasteiger partial charge in [0.2, 0.25) is 0 Å². The molecule has 2 aromatic heterocycles. The van der Waals surface area contributed by atoms with Crippen molar-refractivity contribution in [1.82, 2.24) is 15.2 Å². The monoisotopic (exact) mass is 345 g/mol. The number of thiazole rings is 1. The van der Waals surface area contributed by atoms with Crippen LogP contribution >= 0.6 is 11.3 Å². The fraction of sp³-hybridized carbons (Fsp3) is 0.556. The Bertz CT molecular complexity index is 652. The average Bonchev–Trinajstić information content (AvgIpc) is 3.11. The molecule has 0 radical (unpaired) electrons. The summed E-state index contributed by atoms with van der Waals surface area (Å²) in [6.07, 6.45) is 10.2. The summed E-state index contributed by atoms with van der Waals surface area (Å²) in [6, 6.07) is 4.00. The van der Waals surface area contributed by atoms with E-state index in [-0.39, 0.29) is 18.1 Å². The van der Waals surface area contributed by atoms with Gasteiger partial charge in [-0.2, -0.15) is 0 Å². The first-order valence-corrected chi connectivity index (χ1v) is 9.71. The van der Waals surface area contributed by atoms with Crippen LogP contribution in [0.1, 0.15) is 61.4 Å². The lowest BCUT2D eigenvalue weighted by molar-refractivity contribution is 0.161. The largest absolute Gasteiger partial charge is 0.467 e. The molecular weight excluding hydrogens is 322 g/mol. The molecule has 2 unspecified atom stereocenters. The summed E-state index contributed by atoms with van der Waals surface area (Å²) in [6.45, 7) is 0.784. The molecule has 1 aliphatic heterocycles. The van der Waals surface area contributed by atoms with Gasteiger partial charge in [-0.05, 0) is 43.7 Å². The highest BCUT2D eigenvalue weighted by Gasteiger charge is 2.37. The number of hydrogen-bond donors (Lipinski definition) is 1. The van der Waals surface area contributed by atoms with E-state index in [0.717, 1.165) is 36.6 Å². The number of carbonyl (C=O) groups is 1. The van der Waals surface area contributed by atoms with Crippen molar-refractivity contribution in [2.24, 2.45) is 5.92 Å². The SMILES string of the molecule is O=C(NC(c1nccs1)C1CC1)N1CCCCCC1c1ccco1. The highest BCUT2D eigenvalue weighted by atomic mass is 32.1. The fourth-order valence-electron chi connectivity index (χ4n) is 3.54. The number of furan rings is 1. The molecule has 1 saturated carbocycles. The van der Waals surface area contributed by atoms with Crippen LogP contribution in [0.4, 0.5) is 4.79 Å². The van der Waals surface area contributed by atoms with Gasteiger partial charge in [-0.25, -0.2) is 9.78 Å². The lowest BCUT2D eigenvalue weighted by atomic mass is 10.1. The molecule has 3 heterocycles. The highest BCUT2D eigenvalue weighted by molar-refractivity contribution is 7.09. The Balaban J connectivity index is 1.52. The van der Waals surface area contributed by atoms with E-state index in [1.807, 2.05) is 28.6 Å². The molecule has 24 heavy (non-hydrogen) atoms. The van der Waals surface area contributed by atoms with Crippen molar-refractivity contribution < 1.29 is 9.21 Å². The lowest BCUT2D eigenvalue weighted by Gasteiger charge is -2.30. The van der Waals surface area contributed by atoms with Crippen molar-refractivity contribution in [3.63, 3.8) is 0 Å². The molecule has 1 N–H and O–H groups in total. The van der Waals surface area contributed by atoms with Crippen molar-refractivity contribution in [1.29, 1.82) is 0 Å². The molecule has 5 nitrogen and oxygen atoms in total. The van der Waals surface area contributed by atoms with Crippen LogP contribution < -0.4 is 5.32 Å². The third kappa shape index (κ3) is 3.34. The normalized spacial score (nSPS) is 22.8. The lowest BCUT2D eigenvalue weighted by Crippen LogP contribution is -2.44. The fourth-order valence-corrected chi connectivity index (χ4v) is 4.32. The predicted octanol–water partition coefficient (Wildman–Crippen LogP) is 4.51. The second-order valence-corrected chi connectivity index (χ2v) is 7.64. The molecule has 2 aliphatic rings. The number of urea groups is 1. The molecule has 0 spiro atoms. The Kier molecular flexibility index (Phi) is 4.56. The summed E-state index contributed by atoms with van der Waals surface area (Å²) in [5.74, 6) is 1.43. The van der Waals surface area contributed by atoms with E-state index in [4.69, 9.17) is 4.42 Å². The van der Waals surface area contributed by atoms with E-state index in [0.29, 0.717) is 5.92 Å². The van der Waals surface area contributed by atoms with Crippen molar-refractivity contribution in [2.75, 3.05) is 6.54 Å². The van der Waals surface area contributed by atoms with Crippen molar-refractivity contribution >= 4 is 17.4 Å². The van der Waals surface area contributed by atoms with Gasteiger partial charge >= 0.3 is 6.03 Å². The third-order valence-electron chi connectivity index (χ3n) is 4.98. The maximum atomic E-state index is 13.0. The summed E-state index contributed by atoms with van der Waals surface area (Å²) in [5, 5.41) is 6.27.